The van der Waals surface area contributed by atoms with Gasteiger partial charge in [0.15, 0.2) is 11.6 Å². The Morgan fingerprint density at radius 1 is 1.09 bits per heavy atom. The standard InChI is InChI=1S/C22H25Cl2F2N3O4S/c1-4-10-27-22(31)14(2)28(12-16-17(23)6-5-7-18(16)24)21(30)13-29(34(3,32)33)15-8-9-19(25)20(26)11-15/h5-9,11,14H,4,10,12-13H2,1-3H3,(H,27,31)/t14-/m1/s1. The molecular weight excluding hydrogens is 511 g/mol. The first-order valence-corrected chi connectivity index (χ1v) is 12.9. The van der Waals surface area contributed by atoms with Crippen molar-refractivity contribution < 1.29 is 26.8 Å². The average Bonchev–Trinajstić information content (AvgIpc) is 2.76. The minimum Gasteiger partial charge on any atom is -0.354 e. The van der Waals surface area contributed by atoms with Gasteiger partial charge in [0.2, 0.25) is 21.8 Å². The van der Waals surface area contributed by atoms with Gasteiger partial charge < -0.3 is 10.2 Å². The monoisotopic (exact) mass is 535 g/mol. The largest absolute Gasteiger partial charge is 0.354 e. The molecule has 2 aromatic rings. The second kappa shape index (κ2) is 11.8. The third kappa shape index (κ3) is 7.04. The summed E-state index contributed by atoms with van der Waals surface area (Å²) in [7, 11) is -4.08. The second-order valence-electron chi connectivity index (χ2n) is 7.56. The van der Waals surface area contributed by atoms with Crippen LogP contribution in [-0.4, -0.2) is 50.5 Å². The van der Waals surface area contributed by atoms with E-state index < -0.39 is 46.1 Å². The summed E-state index contributed by atoms with van der Waals surface area (Å²) in [5.74, 6) is -3.67. The van der Waals surface area contributed by atoms with E-state index in [2.05, 4.69) is 5.32 Å². The van der Waals surface area contributed by atoms with Gasteiger partial charge in [-0.05, 0) is 37.6 Å². The Labute approximate surface area is 207 Å². The van der Waals surface area contributed by atoms with Crippen LogP contribution in [0.3, 0.4) is 0 Å². The molecule has 1 N–H and O–H groups in total. The smallest absolute Gasteiger partial charge is 0.244 e. The molecule has 0 aromatic heterocycles. The fourth-order valence-electron chi connectivity index (χ4n) is 3.09. The molecule has 0 aliphatic heterocycles. The van der Waals surface area contributed by atoms with E-state index in [0.29, 0.717) is 28.9 Å². The summed E-state index contributed by atoms with van der Waals surface area (Å²) in [4.78, 5) is 27.1. The Hall–Kier alpha value is -2.43. The molecule has 0 aliphatic carbocycles. The first-order chi connectivity index (χ1) is 15.9. The van der Waals surface area contributed by atoms with Gasteiger partial charge in [-0.2, -0.15) is 0 Å². The molecule has 0 aliphatic rings. The molecule has 2 rings (SSSR count). The van der Waals surface area contributed by atoms with Gasteiger partial charge >= 0.3 is 0 Å². The zero-order valence-corrected chi connectivity index (χ0v) is 21.1. The minimum atomic E-state index is -4.08. The summed E-state index contributed by atoms with van der Waals surface area (Å²) in [5.41, 5.74) is 0.127. The molecule has 186 valence electrons. The van der Waals surface area contributed by atoms with Gasteiger partial charge in [0.25, 0.3) is 0 Å². The number of carbonyl (C=O) groups excluding carboxylic acids is 2. The molecule has 34 heavy (non-hydrogen) atoms. The molecule has 7 nitrogen and oxygen atoms in total. The normalized spacial score (nSPS) is 12.2. The molecule has 2 amide bonds. The van der Waals surface area contributed by atoms with Crippen LogP contribution in [-0.2, 0) is 26.2 Å². The number of amides is 2. The lowest BCUT2D eigenvalue weighted by Crippen LogP contribution is -2.51. The number of benzene rings is 2. The number of hydrogen-bond acceptors (Lipinski definition) is 4. The van der Waals surface area contributed by atoms with E-state index in [1.807, 2.05) is 6.92 Å². The lowest BCUT2D eigenvalue weighted by Gasteiger charge is -2.32. The van der Waals surface area contributed by atoms with Gasteiger partial charge in [-0.25, -0.2) is 17.2 Å². The number of halogens is 4. The van der Waals surface area contributed by atoms with Crippen molar-refractivity contribution in [2.24, 2.45) is 0 Å². The number of hydrogen-bond donors (Lipinski definition) is 1. The summed E-state index contributed by atoms with van der Waals surface area (Å²) in [6.45, 7) is 2.77. The number of rotatable bonds is 10. The molecule has 0 bridgehead atoms. The highest BCUT2D eigenvalue weighted by molar-refractivity contribution is 7.92. The molecule has 0 spiro atoms. The zero-order valence-electron chi connectivity index (χ0n) is 18.8. The Balaban J connectivity index is 2.45. The van der Waals surface area contributed by atoms with E-state index in [4.69, 9.17) is 23.2 Å². The van der Waals surface area contributed by atoms with Gasteiger partial charge in [0, 0.05) is 34.8 Å². The van der Waals surface area contributed by atoms with Gasteiger partial charge in [0.05, 0.1) is 11.9 Å². The first kappa shape index (κ1) is 27.8. The van der Waals surface area contributed by atoms with Crippen LogP contribution in [0.25, 0.3) is 0 Å². The van der Waals surface area contributed by atoms with Crippen LogP contribution in [0, 0.1) is 11.6 Å². The van der Waals surface area contributed by atoms with Crippen LogP contribution in [0.1, 0.15) is 25.8 Å². The molecule has 2 aromatic carbocycles. The maximum absolute atomic E-state index is 13.8. The van der Waals surface area contributed by atoms with Crippen LogP contribution in [0.4, 0.5) is 14.5 Å². The summed E-state index contributed by atoms with van der Waals surface area (Å²) in [6.07, 6.45) is 1.49. The van der Waals surface area contributed by atoms with Crippen molar-refractivity contribution in [1.29, 1.82) is 0 Å². The molecule has 0 fully saturated rings. The van der Waals surface area contributed by atoms with E-state index in [9.17, 15) is 26.8 Å². The Morgan fingerprint density at radius 3 is 2.24 bits per heavy atom. The lowest BCUT2D eigenvalue weighted by molar-refractivity contribution is -0.139. The van der Waals surface area contributed by atoms with Gasteiger partial charge in [-0.3, -0.25) is 13.9 Å². The number of anilines is 1. The minimum absolute atomic E-state index is 0.187. The highest BCUT2D eigenvalue weighted by Crippen LogP contribution is 2.27. The fraction of sp³-hybridized carbons (Fsp3) is 0.364. The van der Waals surface area contributed by atoms with E-state index in [0.717, 1.165) is 23.3 Å². The van der Waals surface area contributed by atoms with Crippen LogP contribution >= 0.6 is 23.2 Å². The Bertz CT molecular complexity index is 1140. The highest BCUT2D eigenvalue weighted by atomic mass is 35.5. The maximum Gasteiger partial charge on any atom is 0.244 e. The third-order valence-corrected chi connectivity index (χ3v) is 6.83. The molecule has 0 radical (unpaired) electrons. The SMILES string of the molecule is CCCNC(=O)[C@@H](C)N(Cc1c(Cl)cccc1Cl)C(=O)CN(c1ccc(F)c(F)c1)S(C)(=O)=O. The van der Waals surface area contributed by atoms with Crippen molar-refractivity contribution in [1.82, 2.24) is 10.2 Å². The van der Waals surface area contributed by atoms with E-state index in [1.165, 1.54) is 6.92 Å². The summed E-state index contributed by atoms with van der Waals surface area (Å²) in [5, 5.41) is 3.20. The molecule has 0 saturated heterocycles. The number of nitrogens with zero attached hydrogens (tertiary/aromatic N) is 2. The molecule has 0 unspecified atom stereocenters. The number of nitrogens with one attached hydrogen (secondary N) is 1. The quantitative estimate of drug-likeness (QED) is 0.498. The summed E-state index contributed by atoms with van der Waals surface area (Å²) >= 11 is 12.5. The molecule has 1 atom stereocenters. The summed E-state index contributed by atoms with van der Waals surface area (Å²) in [6, 6.07) is 6.21. The molecule has 12 heteroatoms. The van der Waals surface area contributed by atoms with Crippen LogP contribution < -0.4 is 9.62 Å². The predicted molar refractivity (Wildman–Crippen MR) is 128 cm³/mol. The predicted octanol–water partition coefficient (Wildman–Crippen LogP) is 3.98. The highest BCUT2D eigenvalue weighted by Gasteiger charge is 2.31. The lowest BCUT2D eigenvalue weighted by atomic mass is 10.1. The zero-order chi connectivity index (χ0) is 25.6. The van der Waals surface area contributed by atoms with Gasteiger partial charge in [-0.15, -0.1) is 0 Å². The fourth-order valence-corrected chi connectivity index (χ4v) is 4.44. The third-order valence-electron chi connectivity index (χ3n) is 4.98. The number of sulfonamides is 1. The topological polar surface area (TPSA) is 86.8 Å². The van der Waals surface area contributed by atoms with E-state index in [1.54, 1.807) is 18.2 Å². The van der Waals surface area contributed by atoms with Crippen molar-refractivity contribution in [2.75, 3.05) is 23.7 Å². The van der Waals surface area contributed by atoms with E-state index >= 15 is 0 Å². The summed E-state index contributed by atoms with van der Waals surface area (Å²) < 4.78 is 52.6. The second-order valence-corrected chi connectivity index (χ2v) is 10.3. The van der Waals surface area contributed by atoms with Crippen molar-refractivity contribution in [3.8, 4) is 0 Å². The maximum atomic E-state index is 13.8. The van der Waals surface area contributed by atoms with Crippen LogP contribution in [0.5, 0.6) is 0 Å². The Morgan fingerprint density at radius 2 is 1.71 bits per heavy atom. The molecule has 0 saturated carbocycles. The molecular formula is C22H25Cl2F2N3O4S. The van der Waals surface area contributed by atoms with Gasteiger partial charge in [0.1, 0.15) is 12.6 Å². The first-order valence-electron chi connectivity index (χ1n) is 10.3. The van der Waals surface area contributed by atoms with Crippen molar-refractivity contribution >= 4 is 50.7 Å². The van der Waals surface area contributed by atoms with Crippen molar-refractivity contribution in [3.05, 3.63) is 63.6 Å². The van der Waals surface area contributed by atoms with Crippen molar-refractivity contribution in [2.45, 2.75) is 32.9 Å². The molecule has 0 heterocycles. The number of carbonyl (C=O) groups is 2. The average molecular weight is 536 g/mol. The Kier molecular flexibility index (Phi) is 9.66. The van der Waals surface area contributed by atoms with E-state index in [-0.39, 0.29) is 22.3 Å². The van der Waals surface area contributed by atoms with Gasteiger partial charge in [-0.1, -0.05) is 36.2 Å². The van der Waals surface area contributed by atoms with Crippen LogP contribution in [0.2, 0.25) is 10.0 Å². The van der Waals surface area contributed by atoms with Crippen molar-refractivity contribution in [3.63, 3.8) is 0 Å². The van der Waals surface area contributed by atoms with Crippen LogP contribution in [0.15, 0.2) is 36.4 Å².